The highest BCUT2D eigenvalue weighted by Crippen LogP contribution is 2.32. The van der Waals surface area contributed by atoms with E-state index in [1.165, 1.54) is 11.8 Å². The van der Waals surface area contributed by atoms with Gasteiger partial charge in [0, 0.05) is 40.2 Å². The monoisotopic (exact) mass is 346 g/mol. The first kappa shape index (κ1) is 18.7. The Kier molecular flexibility index (Phi) is 8.24. The summed E-state index contributed by atoms with van der Waals surface area (Å²) < 4.78 is 4.90. The molecule has 0 spiro atoms. The number of halogens is 2. The third-order valence-electron chi connectivity index (χ3n) is 3.01. The van der Waals surface area contributed by atoms with E-state index in [1.54, 1.807) is 25.3 Å². The molecule has 0 aliphatic rings. The van der Waals surface area contributed by atoms with Crippen LogP contribution in [0.2, 0.25) is 10.0 Å². The summed E-state index contributed by atoms with van der Waals surface area (Å²) in [6.45, 7) is 2.81. The molecule has 1 aromatic carbocycles. The number of hydrogen-bond acceptors (Lipinski definition) is 3. The zero-order chi connectivity index (χ0) is 16.5. The first-order valence-electron chi connectivity index (χ1n) is 6.95. The lowest BCUT2D eigenvalue weighted by atomic mass is 10.2. The summed E-state index contributed by atoms with van der Waals surface area (Å²) in [5.41, 5.74) is 0.508. The van der Waals surface area contributed by atoms with Crippen molar-refractivity contribution in [1.29, 1.82) is 0 Å². The molecule has 0 atom stereocenters. The number of methoxy groups -OCH3 is 1. The molecule has 0 aliphatic carbocycles. The molecule has 2 amide bonds. The molecule has 0 radical (unpaired) electrons. The normalized spacial score (nSPS) is 10.4. The van der Waals surface area contributed by atoms with Crippen molar-refractivity contribution in [3.63, 3.8) is 0 Å². The van der Waals surface area contributed by atoms with E-state index in [4.69, 9.17) is 27.9 Å². The van der Waals surface area contributed by atoms with Crippen molar-refractivity contribution in [3.8, 4) is 0 Å². The first-order chi connectivity index (χ1) is 10.5. The first-order valence-corrected chi connectivity index (χ1v) is 7.70. The van der Waals surface area contributed by atoms with E-state index < -0.39 is 0 Å². The van der Waals surface area contributed by atoms with Crippen molar-refractivity contribution in [1.82, 2.24) is 5.32 Å². The van der Waals surface area contributed by atoms with Gasteiger partial charge in [0.25, 0.3) is 0 Å². The third-order valence-corrected chi connectivity index (χ3v) is 3.82. The zero-order valence-electron chi connectivity index (χ0n) is 12.7. The molecule has 0 saturated carbocycles. The number of amides is 2. The van der Waals surface area contributed by atoms with Crippen LogP contribution in [0.4, 0.5) is 5.69 Å². The van der Waals surface area contributed by atoms with E-state index in [9.17, 15) is 9.59 Å². The number of benzene rings is 1. The van der Waals surface area contributed by atoms with Crippen molar-refractivity contribution in [2.24, 2.45) is 0 Å². The van der Waals surface area contributed by atoms with Gasteiger partial charge < -0.3 is 15.0 Å². The maximum Gasteiger partial charge on any atom is 0.223 e. The Morgan fingerprint density at radius 3 is 2.68 bits per heavy atom. The molecule has 1 N–H and O–H groups in total. The molecule has 0 aliphatic heterocycles. The number of carbonyl (C=O) groups is 2. The van der Waals surface area contributed by atoms with Gasteiger partial charge in [-0.3, -0.25) is 9.59 Å². The summed E-state index contributed by atoms with van der Waals surface area (Å²) in [7, 11) is 1.61. The van der Waals surface area contributed by atoms with Crippen LogP contribution >= 0.6 is 23.2 Å². The molecule has 5 nitrogen and oxygen atoms in total. The second-order valence-electron chi connectivity index (χ2n) is 4.69. The van der Waals surface area contributed by atoms with Crippen molar-refractivity contribution in [3.05, 3.63) is 28.2 Å². The molecule has 0 saturated heterocycles. The highest BCUT2D eigenvalue weighted by Gasteiger charge is 2.17. The number of anilines is 1. The van der Waals surface area contributed by atoms with Gasteiger partial charge in [0.1, 0.15) is 0 Å². The third kappa shape index (κ3) is 5.83. The number of ether oxygens (including phenoxy) is 1. The number of rotatable bonds is 8. The quantitative estimate of drug-likeness (QED) is 0.736. The van der Waals surface area contributed by atoms with E-state index in [2.05, 4.69) is 5.32 Å². The van der Waals surface area contributed by atoms with Crippen molar-refractivity contribution < 1.29 is 14.3 Å². The maximum atomic E-state index is 11.8. The van der Waals surface area contributed by atoms with Crippen LogP contribution in [0.25, 0.3) is 0 Å². The van der Waals surface area contributed by atoms with Gasteiger partial charge in [0.05, 0.1) is 15.7 Å². The fourth-order valence-electron chi connectivity index (χ4n) is 1.89. The number of nitrogens with zero attached hydrogens (tertiary/aromatic N) is 1. The average Bonchev–Trinajstić information content (AvgIpc) is 2.47. The molecule has 0 bridgehead atoms. The van der Waals surface area contributed by atoms with Gasteiger partial charge in [-0.25, -0.2) is 0 Å². The molecular formula is C15H20Cl2N2O3. The molecule has 22 heavy (non-hydrogen) atoms. The Morgan fingerprint density at radius 2 is 2.05 bits per heavy atom. The highest BCUT2D eigenvalue weighted by atomic mass is 35.5. The Labute approximate surface area is 140 Å². The Bertz CT molecular complexity index is 524. The maximum absolute atomic E-state index is 11.8. The van der Waals surface area contributed by atoms with E-state index in [0.29, 0.717) is 28.9 Å². The van der Waals surface area contributed by atoms with Gasteiger partial charge in [-0.05, 0) is 18.6 Å². The molecule has 1 rings (SSSR count). The van der Waals surface area contributed by atoms with Crippen LogP contribution in [0.3, 0.4) is 0 Å². The smallest absolute Gasteiger partial charge is 0.223 e. The minimum Gasteiger partial charge on any atom is -0.385 e. The van der Waals surface area contributed by atoms with Crippen LogP contribution in [0.1, 0.15) is 19.8 Å². The van der Waals surface area contributed by atoms with Gasteiger partial charge in [-0.15, -0.1) is 0 Å². The number of carbonyl (C=O) groups excluding carboxylic acids is 2. The standard InChI is InChI=1S/C15H20Cl2N2O3/c1-11(20)19(13-6-3-5-12(16)15(13)17)9-7-14(21)18-8-4-10-22-2/h3,5-6H,4,7-10H2,1-2H3,(H,18,21). The summed E-state index contributed by atoms with van der Waals surface area (Å²) >= 11 is 12.1. The van der Waals surface area contributed by atoms with Gasteiger partial charge in [-0.1, -0.05) is 29.3 Å². The van der Waals surface area contributed by atoms with Crippen molar-refractivity contribution in [2.45, 2.75) is 19.8 Å². The van der Waals surface area contributed by atoms with Gasteiger partial charge in [0.2, 0.25) is 11.8 Å². The summed E-state index contributed by atoms with van der Waals surface area (Å²) in [6, 6.07) is 5.06. The molecule has 0 aromatic heterocycles. The Balaban J connectivity index is 2.60. The van der Waals surface area contributed by atoms with Crippen LogP contribution in [-0.2, 0) is 14.3 Å². The molecule has 0 heterocycles. The van der Waals surface area contributed by atoms with Crippen molar-refractivity contribution >= 4 is 40.7 Å². The summed E-state index contributed by atoms with van der Waals surface area (Å²) in [6.07, 6.45) is 0.939. The lowest BCUT2D eigenvalue weighted by Gasteiger charge is -2.22. The van der Waals surface area contributed by atoms with E-state index >= 15 is 0 Å². The second kappa shape index (κ2) is 9.66. The largest absolute Gasteiger partial charge is 0.385 e. The predicted molar refractivity (Wildman–Crippen MR) is 88.6 cm³/mol. The fraction of sp³-hybridized carbons (Fsp3) is 0.467. The number of hydrogen-bond donors (Lipinski definition) is 1. The summed E-state index contributed by atoms with van der Waals surface area (Å²) in [5.74, 6) is -0.322. The van der Waals surface area contributed by atoms with Gasteiger partial charge in [-0.2, -0.15) is 0 Å². The van der Waals surface area contributed by atoms with E-state index in [-0.39, 0.29) is 24.8 Å². The van der Waals surface area contributed by atoms with Crippen LogP contribution in [0.5, 0.6) is 0 Å². The van der Waals surface area contributed by atoms with Gasteiger partial charge >= 0.3 is 0 Å². The highest BCUT2D eigenvalue weighted by molar-refractivity contribution is 6.44. The van der Waals surface area contributed by atoms with Crippen LogP contribution in [-0.4, -0.2) is 38.6 Å². The molecule has 122 valence electrons. The summed E-state index contributed by atoms with van der Waals surface area (Å²) in [5, 5.41) is 3.45. The Hall–Kier alpha value is -1.30. The summed E-state index contributed by atoms with van der Waals surface area (Å²) in [4.78, 5) is 25.0. The van der Waals surface area contributed by atoms with E-state index in [1.807, 2.05) is 0 Å². The van der Waals surface area contributed by atoms with Gasteiger partial charge in [0.15, 0.2) is 0 Å². The SMILES string of the molecule is COCCCNC(=O)CCN(C(C)=O)c1cccc(Cl)c1Cl. The van der Waals surface area contributed by atoms with E-state index in [0.717, 1.165) is 6.42 Å². The zero-order valence-corrected chi connectivity index (χ0v) is 14.2. The predicted octanol–water partition coefficient (Wildman–Crippen LogP) is 2.89. The minimum atomic E-state index is -0.198. The topological polar surface area (TPSA) is 58.6 Å². The Morgan fingerprint density at radius 1 is 1.32 bits per heavy atom. The lowest BCUT2D eigenvalue weighted by molar-refractivity contribution is -0.121. The average molecular weight is 347 g/mol. The molecule has 1 aromatic rings. The molecule has 7 heteroatoms. The fourth-order valence-corrected chi connectivity index (χ4v) is 2.29. The molecular weight excluding hydrogens is 327 g/mol. The molecule has 0 unspecified atom stereocenters. The molecule has 0 fully saturated rings. The van der Waals surface area contributed by atoms with Crippen LogP contribution in [0.15, 0.2) is 18.2 Å². The lowest BCUT2D eigenvalue weighted by Crippen LogP contribution is -2.34. The van der Waals surface area contributed by atoms with Crippen molar-refractivity contribution in [2.75, 3.05) is 31.7 Å². The minimum absolute atomic E-state index is 0.125. The van der Waals surface area contributed by atoms with Crippen LogP contribution in [0, 0.1) is 0 Å². The number of nitrogens with one attached hydrogen (secondary N) is 1. The van der Waals surface area contributed by atoms with Crippen LogP contribution < -0.4 is 10.2 Å². The second-order valence-corrected chi connectivity index (χ2v) is 5.48.